The van der Waals surface area contributed by atoms with Gasteiger partial charge in [-0.2, -0.15) is 0 Å². The van der Waals surface area contributed by atoms with Crippen molar-refractivity contribution in [1.82, 2.24) is 15.0 Å². The molecule has 8 heteroatoms. The number of carbonyl (C=O) groups is 1. The molecule has 2 aromatic carbocycles. The third-order valence-corrected chi connectivity index (χ3v) is 5.58. The minimum atomic E-state index is -0.826. The summed E-state index contributed by atoms with van der Waals surface area (Å²) in [5.41, 5.74) is 2.68. The van der Waals surface area contributed by atoms with E-state index < -0.39 is 5.97 Å². The molecule has 0 bridgehead atoms. The van der Waals surface area contributed by atoms with Gasteiger partial charge in [0.15, 0.2) is 0 Å². The van der Waals surface area contributed by atoms with Crippen molar-refractivity contribution in [2.45, 2.75) is 32.2 Å². The van der Waals surface area contributed by atoms with Crippen LogP contribution in [0.15, 0.2) is 42.5 Å². The van der Waals surface area contributed by atoms with Gasteiger partial charge in [-0.15, -0.1) is 0 Å². The lowest BCUT2D eigenvalue weighted by atomic mass is 10.0. The molecule has 7 nitrogen and oxygen atoms in total. The first-order chi connectivity index (χ1) is 15.0. The van der Waals surface area contributed by atoms with Crippen molar-refractivity contribution in [3.63, 3.8) is 0 Å². The van der Waals surface area contributed by atoms with Crippen molar-refractivity contribution in [2.24, 2.45) is 0 Å². The van der Waals surface area contributed by atoms with Gasteiger partial charge in [0.1, 0.15) is 23.0 Å². The fraction of sp³-hybridized carbons (Fsp3) is 0.261. The highest BCUT2D eigenvalue weighted by atomic mass is 35.5. The van der Waals surface area contributed by atoms with Crippen molar-refractivity contribution in [1.29, 1.82) is 0 Å². The van der Waals surface area contributed by atoms with E-state index in [1.807, 2.05) is 49.4 Å². The second kappa shape index (κ2) is 8.81. The largest absolute Gasteiger partial charge is 0.495 e. The molecule has 0 aliphatic carbocycles. The number of para-hydroxylation sites is 1. The summed E-state index contributed by atoms with van der Waals surface area (Å²) < 4.78 is 5.22. The number of carboxylic acids is 1. The van der Waals surface area contributed by atoms with E-state index in [1.54, 1.807) is 7.11 Å². The summed E-state index contributed by atoms with van der Waals surface area (Å²) in [5, 5.41) is 14.9. The van der Waals surface area contributed by atoms with Gasteiger partial charge in [0.05, 0.1) is 17.5 Å². The van der Waals surface area contributed by atoms with E-state index in [1.165, 1.54) is 0 Å². The Labute approximate surface area is 184 Å². The first-order valence-electron chi connectivity index (χ1n) is 10.0. The molecule has 4 rings (SSSR count). The molecule has 0 spiro atoms. The van der Waals surface area contributed by atoms with Gasteiger partial charge in [-0.3, -0.25) is 4.79 Å². The monoisotopic (exact) mass is 438 g/mol. The molecule has 0 aliphatic heterocycles. The quantitative estimate of drug-likeness (QED) is 0.342. The Morgan fingerprint density at radius 1 is 1.26 bits per heavy atom. The summed E-state index contributed by atoms with van der Waals surface area (Å²) in [6, 6.07) is 13.6. The highest BCUT2D eigenvalue weighted by Crippen LogP contribution is 2.32. The maximum atomic E-state index is 11.0. The van der Waals surface area contributed by atoms with Crippen LogP contribution in [0.25, 0.3) is 21.9 Å². The standard InChI is InChI=1S/C23H23ClN4O3/c1-13(7-10-19(29)30)21-27-22(25-12-14-8-9-18(31-2)16(24)11-14)20-15-5-3-4-6-17(15)26-23(20)28-21/h3-6,8-9,11,13H,7,10,12H2,1-2H3,(H,29,30)(H2,25,26,27,28). The summed E-state index contributed by atoms with van der Waals surface area (Å²) in [6.45, 7) is 2.46. The first kappa shape index (κ1) is 20.9. The van der Waals surface area contributed by atoms with Gasteiger partial charge in [0, 0.05) is 29.8 Å². The number of fused-ring (bicyclic) bond motifs is 3. The number of aliphatic carboxylic acids is 1. The Bertz CT molecular complexity index is 1250. The van der Waals surface area contributed by atoms with Crippen LogP contribution in [0.3, 0.4) is 0 Å². The Kier molecular flexibility index (Phi) is 5.95. The number of carboxylic acid groups (broad SMARTS) is 1. The lowest BCUT2D eigenvalue weighted by molar-refractivity contribution is -0.137. The summed E-state index contributed by atoms with van der Waals surface area (Å²) in [7, 11) is 1.58. The number of anilines is 1. The van der Waals surface area contributed by atoms with E-state index in [2.05, 4.69) is 10.3 Å². The van der Waals surface area contributed by atoms with Gasteiger partial charge in [0.2, 0.25) is 0 Å². The number of aromatic amines is 1. The van der Waals surface area contributed by atoms with Crippen LogP contribution in [0.2, 0.25) is 5.02 Å². The summed E-state index contributed by atoms with van der Waals surface area (Å²) in [6.07, 6.45) is 0.539. The molecule has 0 radical (unpaired) electrons. The highest BCUT2D eigenvalue weighted by molar-refractivity contribution is 6.32. The Hall–Kier alpha value is -3.32. The normalized spacial score (nSPS) is 12.2. The minimum absolute atomic E-state index is 0.0718. The molecular formula is C23H23ClN4O3. The van der Waals surface area contributed by atoms with Gasteiger partial charge < -0.3 is 20.1 Å². The van der Waals surface area contributed by atoms with Crippen molar-refractivity contribution in [3.8, 4) is 5.75 Å². The molecule has 160 valence electrons. The van der Waals surface area contributed by atoms with Gasteiger partial charge in [-0.1, -0.05) is 42.8 Å². The van der Waals surface area contributed by atoms with Crippen LogP contribution in [0.1, 0.15) is 37.1 Å². The molecule has 31 heavy (non-hydrogen) atoms. The Morgan fingerprint density at radius 2 is 2.06 bits per heavy atom. The first-order valence-corrected chi connectivity index (χ1v) is 10.4. The van der Waals surface area contributed by atoms with Crippen LogP contribution < -0.4 is 10.1 Å². The van der Waals surface area contributed by atoms with Crippen LogP contribution >= 0.6 is 11.6 Å². The molecule has 2 aromatic heterocycles. The van der Waals surface area contributed by atoms with Crippen molar-refractivity contribution in [3.05, 3.63) is 58.9 Å². The lowest BCUT2D eigenvalue weighted by Gasteiger charge is -2.13. The van der Waals surface area contributed by atoms with E-state index >= 15 is 0 Å². The Balaban J connectivity index is 1.72. The number of aromatic nitrogens is 3. The van der Waals surface area contributed by atoms with Crippen LogP contribution in [0, 0.1) is 0 Å². The van der Waals surface area contributed by atoms with Gasteiger partial charge in [0.25, 0.3) is 0 Å². The maximum Gasteiger partial charge on any atom is 0.303 e. The molecule has 0 saturated heterocycles. The van der Waals surface area contributed by atoms with Gasteiger partial charge >= 0.3 is 5.97 Å². The second-order valence-corrected chi connectivity index (χ2v) is 7.89. The fourth-order valence-corrected chi connectivity index (χ4v) is 3.86. The maximum absolute atomic E-state index is 11.0. The number of nitrogens with zero attached hydrogens (tertiary/aromatic N) is 2. The van der Waals surface area contributed by atoms with E-state index in [0.717, 1.165) is 27.5 Å². The number of rotatable bonds is 8. The number of benzene rings is 2. The minimum Gasteiger partial charge on any atom is -0.495 e. The fourth-order valence-electron chi connectivity index (χ4n) is 3.58. The van der Waals surface area contributed by atoms with Crippen molar-refractivity contribution < 1.29 is 14.6 Å². The van der Waals surface area contributed by atoms with E-state index in [0.29, 0.717) is 35.4 Å². The molecule has 0 saturated carbocycles. The molecule has 2 heterocycles. The second-order valence-electron chi connectivity index (χ2n) is 7.48. The number of methoxy groups -OCH3 is 1. The predicted octanol–water partition coefficient (Wildman–Crippen LogP) is 5.35. The zero-order valence-electron chi connectivity index (χ0n) is 17.3. The van der Waals surface area contributed by atoms with Crippen LogP contribution in [0.5, 0.6) is 5.75 Å². The van der Waals surface area contributed by atoms with E-state index in [4.69, 9.17) is 31.4 Å². The third kappa shape index (κ3) is 4.41. The molecule has 4 aromatic rings. The molecular weight excluding hydrogens is 416 g/mol. The van der Waals surface area contributed by atoms with Gasteiger partial charge in [-0.05, 0) is 30.2 Å². The molecule has 1 unspecified atom stereocenters. The van der Waals surface area contributed by atoms with Crippen molar-refractivity contribution in [2.75, 3.05) is 12.4 Å². The summed E-state index contributed by atoms with van der Waals surface area (Å²) >= 11 is 6.26. The molecule has 0 fully saturated rings. The number of H-pyrrole nitrogens is 1. The smallest absolute Gasteiger partial charge is 0.303 e. The lowest BCUT2D eigenvalue weighted by Crippen LogP contribution is -2.09. The topological polar surface area (TPSA) is 100 Å². The highest BCUT2D eigenvalue weighted by Gasteiger charge is 2.18. The average molecular weight is 439 g/mol. The number of hydrogen-bond donors (Lipinski definition) is 3. The van der Waals surface area contributed by atoms with Crippen molar-refractivity contribution >= 4 is 45.3 Å². The molecule has 0 amide bonds. The number of ether oxygens (including phenoxy) is 1. The average Bonchev–Trinajstić information content (AvgIpc) is 3.14. The predicted molar refractivity (Wildman–Crippen MR) is 122 cm³/mol. The van der Waals surface area contributed by atoms with Crippen LogP contribution in [0.4, 0.5) is 5.82 Å². The number of halogens is 1. The zero-order chi connectivity index (χ0) is 22.0. The molecule has 0 aliphatic rings. The SMILES string of the molecule is COc1ccc(CNc2nc(C(C)CCC(=O)O)nc3[nH]c4ccccc4c23)cc1Cl. The van der Waals surface area contributed by atoms with E-state index in [9.17, 15) is 4.79 Å². The third-order valence-electron chi connectivity index (χ3n) is 5.28. The summed E-state index contributed by atoms with van der Waals surface area (Å²) in [5.74, 6) is 1.01. The zero-order valence-corrected chi connectivity index (χ0v) is 18.0. The number of nitrogens with one attached hydrogen (secondary N) is 2. The Morgan fingerprint density at radius 3 is 2.81 bits per heavy atom. The molecule has 3 N–H and O–H groups in total. The summed E-state index contributed by atoms with van der Waals surface area (Å²) in [4.78, 5) is 23.8. The number of hydrogen-bond acceptors (Lipinski definition) is 5. The van der Waals surface area contributed by atoms with Gasteiger partial charge in [-0.25, -0.2) is 9.97 Å². The van der Waals surface area contributed by atoms with Crippen LogP contribution in [-0.4, -0.2) is 33.1 Å². The molecule has 1 atom stereocenters. The van der Waals surface area contributed by atoms with Crippen LogP contribution in [-0.2, 0) is 11.3 Å². The van der Waals surface area contributed by atoms with E-state index in [-0.39, 0.29) is 12.3 Å².